The fourth-order valence-corrected chi connectivity index (χ4v) is 3.27. The zero-order valence-corrected chi connectivity index (χ0v) is 11.5. The summed E-state index contributed by atoms with van der Waals surface area (Å²) in [6, 6.07) is 3.47. The molecule has 1 aliphatic rings. The van der Waals surface area contributed by atoms with Gasteiger partial charge in [0.25, 0.3) is 0 Å². The molecule has 17 heavy (non-hydrogen) atoms. The molecule has 0 atom stereocenters. The second kappa shape index (κ2) is 4.96. The number of thioether (sulfide) groups is 1. The van der Waals surface area contributed by atoms with Crippen molar-refractivity contribution in [2.24, 2.45) is 0 Å². The maximum absolute atomic E-state index is 11.1. The number of fused-ring (bicyclic) bond motifs is 1. The summed E-state index contributed by atoms with van der Waals surface area (Å²) in [7, 11) is 1.70. The lowest BCUT2D eigenvalue weighted by atomic mass is 10.2. The Kier molecular flexibility index (Phi) is 3.75. The van der Waals surface area contributed by atoms with Crippen molar-refractivity contribution in [3.8, 4) is 11.5 Å². The third-order valence-corrected chi connectivity index (χ3v) is 4.08. The first-order chi connectivity index (χ1) is 7.99. The molecule has 0 aromatic heterocycles. The first-order valence-corrected chi connectivity index (χ1v) is 8.59. The van der Waals surface area contributed by atoms with Gasteiger partial charge in [0.15, 0.2) is 11.5 Å². The second-order valence-electron chi connectivity index (χ2n) is 3.49. The fourth-order valence-electron chi connectivity index (χ4n) is 1.60. The van der Waals surface area contributed by atoms with E-state index in [1.807, 2.05) is 6.26 Å². The number of rotatable bonds is 3. The van der Waals surface area contributed by atoms with Gasteiger partial charge in [-0.3, -0.25) is 0 Å². The number of ether oxygens (including phenoxy) is 2. The molecule has 0 saturated carbocycles. The minimum atomic E-state index is -3.57. The highest BCUT2D eigenvalue weighted by Crippen LogP contribution is 2.37. The quantitative estimate of drug-likeness (QED) is 0.632. The fraction of sp³-hybridized carbons (Fsp3) is 0.400. The molecule has 0 spiro atoms. The third kappa shape index (κ3) is 3.20. The summed E-state index contributed by atoms with van der Waals surface area (Å²) in [4.78, 5) is 0.832. The van der Waals surface area contributed by atoms with E-state index in [-0.39, 0.29) is 5.75 Å². The molecule has 0 bridgehead atoms. The maximum atomic E-state index is 11.1. The molecule has 1 aromatic carbocycles. The predicted octanol–water partition coefficient (Wildman–Crippen LogP) is 2.25. The average molecular weight is 295 g/mol. The Morgan fingerprint density at radius 2 is 1.88 bits per heavy atom. The second-order valence-corrected chi connectivity index (χ2v) is 7.12. The lowest BCUT2D eigenvalue weighted by Gasteiger charge is -2.20. The summed E-state index contributed by atoms with van der Waals surface area (Å²) in [5.74, 6) is 1.02. The zero-order chi connectivity index (χ0) is 12.5. The van der Waals surface area contributed by atoms with Gasteiger partial charge in [-0.2, -0.15) is 0 Å². The van der Waals surface area contributed by atoms with Crippen molar-refractivity contribution in [3.63, 3.8) is 0 Å². The highest BCUT2D eigenvalue weighted by atomic mass is 35.7. The van der Waals surface area contributed by atoms with E-state index in [0.717, 1.165) is 4.90 Å². The van der Waals surface area contributed by atoms with Crippen LogP contribution < -0.4 is 9.47 Å². The van der Waals surface area contributed by atoms with E-state index in [9.17, 15) is 8.42 Å². The van der Waals surface area contributed by atoms with Crippen LogP contribution in [0.4, 0.5) is 0 Å². The van der Waals surface area contributed by atoms with E-state index in [2.05, 4.69) is 0 Å². The highest BCUT2D eigenvalue weighted by Gasteiger charge is 2.18. The molecule has 0 N–H and O–H groups in total. The summed E-state index contributed by atoms with van der Waals surface area (Å²) >= 11 is 1.45. The van der Waals surface area contributed by atoms with Gasteiger partial charge in [-0.15, -0.1) is 11.8 Å². The molecule has 1 aliphatic heterocycles. The van der Waals surface area contributed by atoms with Gasteiger partial charge in [-0.05, 0) is 24.0 Å². The molecular weight excluding hydrogens is 284 g/mol. The largest absolute Gasteiger partial charge is 0.486 e. The van der Waals surface area contributed by atoms with Gasteiger partial charge in [0.2, 0.25) is 9.05 Å². The van der Waals surface area contributed by atoms with E-state index in [1.165, 1.54) is 11.8 Å². The van der Waals surface area contributed by atoms with Crippen molar-refractivity contribution >= 4 is 31.5 Å². The molecule has 0 fully saturated rings. The first kappa shape index (κ1) is 12.9. The monoisotopic (exact) mass is 294 g/mol. The Bertz CT molecular complexity index is 527. The zero-order valence-electron chi connectivity index (χ0n) is 9.10. The van der Waals surface area contributed by atoms with Crippen molar-refractivity contribution in [2.45, 2.75) is 10.6 Å². The van der Waals surface area contributed by atoms with Crippen LogP contribution in [0, 0.1) is 0 Å². The van der Waals surface area contributed by atoms with Crippen LogP contribution in [0.15, 0.2) is 17.0 Å². The van der Waals surface area contributed by atoms with Crippen LogP contribution in [0.3, 0.4) is 0 Å². The van der Waals surface area contributed by atoms with Crippen molar-refractivity contribution in [3.05, 3.63) is 17.7 Å². The number of halogens is 1. The van der Waals surface area contributed by atoms with Gasteiger partial charge in [-0.1, -0.05) is 0 Å². The van der Waals surface area contributed by atoms with Gasteiger partial charge >= 0.3 is 0 Å². The maximum Gasteiger partial charge on any atom is 0.236 e. The SMILES string of the molecule is CSc1cc2c(cc1CS(=O)(=O)Cl)OCCO2. The minimum Gasteiger partial charge on any atom is -0.486 e. The van der Waals surface area contributed by atoms with Crippen LogP contribution in [-0.2, 0) is 14.8 Å². The van der Waals surface area contributed by atoms with E-state index < -0.39 is 9.05 Å². The number of hydrogen-bond acceptors (Lipinski definition) is 5. The van der Waals surface area contributed by atoms with Gasteiger partial charge in [0.05, 0.1) is 5.75 Å². The molecule has 1 aromatic rings. The van der Waals surface area contributed by atoms with E-state index in [0.29, 0.717) is 30.3 Å². The molecule has 7 heteroatoms. The molecule has 0 radical (unpaired) electrons. The van der Waals surface area contributed by atoms with Crippen molar-refractivity contribution in [1.29, 1.82) is 0 Å². The highest BCUT2D eigenvalue weighted by molar-refractivity contribution is 8.13. The lowest BCUT2D eigenvalue weighted by Crippen LogP contribution is -2.15. The Hall–Kier alpha value is -0.590. The number of hydrogen-bond donors (Lipinski definition) is 0. The Morgan fingerprint density at radius 1 is 1.29 bits per heavy atom. The van der Waals surface area contributed by atoms with Gasteiger partial charge in [0.1, 0.15) is 13.2 Å². The van der Waals surface area contributed by atoms with Crippen LogP contribution in [0.1, 0.15) is 5.56 Å². The van der Waals surface area contributed by atoms with E-state index in [1.54, 1.807) is 12.1 Å². The summed E-state index contributed by atoms with van der Waals surface area (Å²) < 4.78 is 33.1. The molecule has 4 nitrogen and oxygen atoms in total. The van der Waals surface area contributed by atoms with Crippen LogP contribution in [-0.4, -0.2) is 27.9 Å². The molecule has 0 saturated heterocycles. The van der Waals surface area contributed by atoms with Crippen LogP contribution in [0.25, 0.3) is 0 Å². The van der Waals surface area contributed by atoms with E-state index in [4.69, 9.17) is 20.2 Å². The Balaban J connectivity index is 2.43. The van der Waals surface area contributed by atoms with Crippen LogP contribution >= 0.6 is 22.4 Å². The van der Waals surface area contributed by atoms with E-state index >= 15 is 0 Å². The molecule has 0 amide bonds. The number of benzene rings is 1. The van der Waals surface area contributed by atoms with Gasteiger partial charge in [0, 0.05) is 15.6 Å². The normalized spacial score (nSPS) is 14.7. The smallest absolute Gasteiger partial charge is 0.236 e. The molecular formula is C10H11ClO4S2. The summed E-state index contributed by atoms with van der Waals surface area (Å²) in [5.41, 5.74) is 0.636. The van der Waals surface area contributed by atoms with Gasteiger partial charge < -0.3 is 9.47 Å². The van der Waals surface area contributed by atoms with Crippen molar-refractivity contribution < 1.29 is 17.9 Å². The average Bonchev–Trinajstić information content (AvgIpc) is 2.26. The molecule has 1 heterocycles. The Labute approximate surface area is 109 Å². The first-order valence-electron chi connectivity index (χ1n) is 4.88. The topological polar surface area (TPSA) is 52.6 Å². The van der Waals surface area contributed by atoms with Crippen molar-refractivity contribution in [2.75, 3.05) is 19.5 Å². The lowest BCUT2D eigenvalue weighted by molar-refractivity contribution is 0.171. The molecule has 0 unspecified atom stereocenters. The molecule has 2 rings (SSSR count). The van der Waals surface area contributed by atoms with Gasteiger partial charge in [-0.25, -0.2) is 8.42 Å². The summed E-state index contributed by atoms with van der Waals surface area (Å²) in [6.07, 6.45) is 1.87. The molecule has 94 valence electrons. The third-order valence-electron chi connectivity index (χ3n) is 2.27. The van der Waals surface area contributed by atoms with Crippen molar-refractivity contribution in [1.82, 2.24) is 0 Å². The summed E-state index contributed by atoms with van der Waals surface area (Å²) in [6.45, 7) is 0.979. The predicted molar refractivity (Wildman–Crippen MR) is 67.7 cm³/mol. The minimum absolute atomic E-state index is 0.207. The summed E-state index contributed by atoms with van der Waals surface area (Å²) in [5, 5.41) is 0. The standard InChI is InChI=1S/C10H11ClO4S2/c1-16-10-5-9-8(14-2-3-15-9)4-7(10)6-17(11,12)13/h4-5H,2-3,6H2,1H3. The molecule has 0 aliphatic carbocycles. The Morgan fingerprint density at radius 3 is 2.41 bits per heavy atom. The van der Waals surface area contributed by atoms with Crippen LogP contribution in [0.2, 0.25) is 0 Å². The van der Waals surface area contributed by atoms with Crippen LogP contribution in [0.5, 0.6) is 11.5 Å².